The third-order valence-corrected chi connectivity index (χ3v) is 3.70. The van der Waals surface area contributed by atoms with Crippen LogP contribution in [0.4, 0.5) is 0 Å². The molecule has 0 amide bonds. The van der Waals surface area contributed by atoms with Crippen molar-refractivity contribution in [2.75, 3.05) is 12.3 Å². The average Bonchev–Trinajstić information content (AvgIpc) is 2.72. The highest BCUT2D eigenvalue weighted by Crippen LogP contribution is 2.14. The molecule has 0 bridgehead atoms. The Morgan fingerprint density at radius 1 is 1.62 bits per heavy atom. The van der Waals surface area contributed by atoms with E-state index >= 15 is 0 Å². The van der Waals surface area contributed by atoms with Gasteiger partial charge in [-0.25, -0.2) is 4.98 Å². The van der Waals surface area contributed by atoms with Crippen molar-refractivity contribution in [1.29, 1.82) is 0 Å². The van der Waals surface area contributed by atoms with Crippen LogP contribution in [0.5, 0.6) is 0 Å². The molecule has 0 saturated heterocycles. The van der Waals surface area contributed by atoms with E-state index in [-0.39, 0.29) is 0 Å². The first kappa shape index (κ1) is 9.02. The van der Waals surface area contributed by atoms with Gasteiger partial charge in [0, 0.05) is 10.6 Å². The van der Waals surface area contributed by atoms with Crippen molar-refractivity contribution >= 4 is 28.3 Å². The van der Waals surface area contributed by atoms with Crippen LogP contribution < -0.4 is 5.32 Å². The highest BCUT2D eigenvalue weighted by molar-refractivity contribution is 8.14. The standard InChI is InChI=1S/C8H11N3S2/c1-6-7(13-5-11-6)4-10-8-9-2-3-12-8/h5H,2-4H2,1H3,(H,9,10). The fraction of sp³-hybridized carbons (Fsp3) is 0.500. The molecule has 1 N–H and O–H groups in total. The molecule has 1 aromatic heterocycles. The molecule has 1 aliphatic rings. The lowest BCUT2D eigenvalue weighted by atomic mass is 10.4. The molecule has 2 heterocycles. The Kier molecular flexibility index (Phi) is 2.85. The summed E-state index contributed by atoms with van der Waals surface area (Å²) in [6.45, 7) is 3.86. The largest absolute Gasteiger partial charge is 0.360 e. The van der Waals surface area contributed by atoms with Crippen LogP contribution in [0.3, 0.4) is 0 Å². The van der Waals surface area contributed by atoms with Gasteiger partial charge in [-0.15, -0.1) is 11.3 Å². The van der Waals surface area contributed by atoms with Crippen LogP contribution in [0.15, 0.2) is 10.5 Å². The third-order valence-electron chi connectivity index (χ3n) is 1.83. The fourth-order valence-electron chi connectivity index (χ4n) is 1.09. The second-order valence-electron chi connectivity index (χ2n) is 2.75. The molecule has 1 aromatic rings. The number of rotatable bonds is 2. The summed E-state index contributed by atoms with van der Waals surface area (Å²) in [5.74, 6) is 1.12. The number of aliphatic imine (C=N–C) groups is 1. The lowest BCUT2D eigenvalue weighted by molar-refractivity contribution is 0.926. The van der Waals surface area contributed by atoms with Crippen molar-refractivity contribution in [2.45, 2.75) is 13.5 Å². The van der Waals surface area contributed by atoms with Gasteiger partial charge >= 0.3 is 0 Å². The summed E-state index contributed by atoms with van der Waals surface area (Å²) in [6, 6.07) is 0. The summed E-state index contributed by atoms with van der Waals surface area (Å²) in [7, 11) is 0. The smallest absolute Gasteiger partial charge is 0.156 e. The molecule has 0 spiro atoms. The van der Waals surface area contributed by atoms with E-state index < -0.39 is 0 Å². The molecule has 2 rings (SSSR count). The second kappa shape index (κ2) is 4.11. The van der Waals surface area contributed by atoms with Crippen LogP contribution in [0.25, 0.3) is 0 Å². The predicted molar refractivity (Wildman–Crippen MR) is 58.5 cm³/mol. The van der Waals surface area contributed by atoms with Gasteiger partial charge < -0.3 is 5.32 Å². The van der Waals surface area contributed by atoms with Gasteiger partial charge in [0.1, 0.15) is 0 Å². The van der Waals surface area contributed by atoms with Gasteiger partial charge in [-0.3, -0.25) is 4.99 Å². The Balaban J connectivity index is 1.89. The Morgan fingerprint density at radius 3 is 3.15 bits per heavy atom. The maximum atomic E-state index is 4.32. The second-order valence-corrected chi connectivity index (χ2v) is 4.77. The molecule has 0 saturated carbocycles. The summed E-state index contributed by atoms with van der Waals surface area (Å²) >= 11 is 3.49. The maximum absolute atomic E-state index is 4.32. The van der Waals surface area contributed by atoms with Crippen LogP contribution in [0.1, 0.15) is 10.6 Å². The van der Waals surface area contributed by atoms with E-state index in [1.165, 1.54) is 4.88 Å². The van der Waals surface area contributed by atoms with Crippen LogP contribution in [-0.2, 0) is 6.54 Å². The molecule has 13 heavy (non-hydrogen) atoms. The summed E-state index contributed by atoms with van der Waals surface area (Å²) < 4.78 is 0. The van der Waals surface area contributed by atoms with E-state index in [4.69, 9.17) is 0 Å². The molecule has 5 heteroatoms. The van der Waals surface area contributed by atoms with Gasteiger partial charge in [-0.2, -0.15) is 0 Å². The van der Waals surface area contributed by atoms with E-state index in [0.717, 1.165) is 29.7 Å². The number of nitrogens with zero attached hydrogens (tertiary/aromatic N) is 2. The number of aryl methyl sites for hydroxylation is 1. The molecule has 0 unspecified atom stereocenters. The fourth-order valence-corrected chi connectivity index (χ4v) is 2.54. The Hall–Kier alpha value is -0.550. The van der Waals surface area contributed by atoms with Crippen LogP contribution in [-0.4, -0.2) is 22.4 Å². The summed E-state index contributed by atoms with van der Waals surface area (Å²) in [5, 5.41) is 4.38. The SMILES string of the molecule is Cc1ncsc1CNC1=NCCS1. The molecule has 0 atom stereocenters. The quantitative estimate of drug-likeness (QED) is 0.811. The van der Waals surface area contributed by atoms with E-state index in [0.29, 0.717) is 0 Å². The maximum Gasteiger partial charge on any atom is 0.156 e. The Bertz CT molecular complexity index is 319. The molecule has 70 valence electrons. The van der Waals surface area contributed by atoms with Crippen molar-refractivity contribution in [1.82, 2.24) is 10.3 Å². The van der Waals surface area contributed by atoms with Gasteiger partial charge in [0.15, 0.2) is 5.17 Å². The van der Waals surface area contributed by atoms with E-state index in [2.05, 4.69) is 15.3 Å². The Labute approximate surface area is 85.7 Å². The van der Waals surface area contributed by atoms with Crippen molar-refractivity contribution in [3.05, 3.63) is 16.1 Å². The van der Waals surface area contributed by atoms with Gasteiger partial charge in [0.2, 0.25) is 0 Å². The minimum Gasteiger partial charge on any atom is -0.360 e. The molecular weight excluding hydrogens is 202 g/mol. The first-order valence-electron chi connectivity index (χ1n) is 4.16. The zero-order valence-electron chi connectivity index (χ0n) is 7.41. The zero-order chi connectivity index (χ0) is 9.10. The summed E-state index contributed by atoms with van der Waals surface area (Å²) in [5.41, 5.74) is 3.01. The number of thioether (sulfide) groups is 1. The molecule has 0 aliphatic carbocycles. The molecule has 0 fully saturated rings. The molecular formula is C8H11N3S2. The van der Waals surface area contributed by atoms with Crippen LogP contribution in [0.2, 0.25) is 0 Å². The number of aromatic nitrogens is 1. The highest BCUT2D eigenvalue weighted by atomic mass is 32.2. The van der Waals surface area contributed by atoms with Crippen LogP contribution in [0, 0.1) is 6.92 Å². The van der Waals surface area contributed by atoms with Gasteiger partial charge in [0.05, 0.1) is 24.3 Å². The first-order chi connectivity index (χ1) is 6.36. The van der Waals surface area contributed by atoms with E-state index in [9.17, 15) is 0 Å². The molecule has 3 nitrogen and oxygen atoms in total. The number of thiazole rings is 1. The zero-order valence-corrected chi connectivity index (χ0v) is 9.04. The minimum absolute atomic E-state index is 0.863. The normalized spacial score (nSPS) is 15.9. The van der Waals surface area contributed by atoms with Gasteiger partial charge in [0.25, 0.3) is 0 Å². The summed E-state index contributed by atoms with van der Waals surface area (Å²) in [4.78, 5) is 9.81. The monoisotopic (exact) mass is 213 g/mol. The number of hydrogen-bond donors (Lipinski definition) is 1. The predicted octanol–water partition coefficient (Wildman–Crippen LogP) is 1.64. The lowest BCUT2D eigenvalue weighted by Crippen LogP contribution is -2.17. The third kappa shape index (κ3) is 2.22. The van der Waals surface area contributed by atoms with E-state index in [1.54, 1.807) is 23.1 Å². The van der Waals surface area contributed by atoms with Crippen molar-refractivity contribution in [2.24, 2.45) is 4.99 Å². The van der Waals surface area contributed by atoms with Crippen molar-refractivity contribution in [3.8, 4) is 0 Å². The van der Waals surface area contributed by atoms with Gasteiger partial charge in [-0.05, 0) is 6.92 Å². The minimum atomic E-state index is 0.863. The number of hydrogen-bond acceptors (Lipinski definition) is 5. The van der Waals surface area contributed by atoms with Crippen LogP contribution >= 0.6 is 23.1 Å². The first-order valence-corrected chi connectivity index (χ1v) is 6.03. The topological polar surface area (TPSA) is 37.3 Å². The Morgan fingerprint density at radius 2 is 2.54 bits per heavy atom. The number of amidine groups is 1. The highest BCUT2D eigenvalue weighted by Gasteiger charge is 2.07. The molecule has 0 radical (unpaired) electrons. The lowest BCUT2D eigenvalue weighted by Gasteiger charge is -2.02. The van der Waals surface area contributed by atoms with Crippen molar-refractivity contribution < 1.29 is 0 Å². The molecule has 0 aromatic carbocycles. The number of nitrogens with one attached hydrogen (secondary N) is 1. The van der Waals surface area contributed by atoms with E-state index in [1.807, 2.05) is 12.4 Å². The summed E-state index contributed by atoms with van der Waals surface area (Å²) in [6.07, 6.45) is 0. The van der Waals surface area contributed by atoms with Gasteiger partial charge in [-0.1, -0.05) is 11.8 Å². The van der Waals surface area contributed by atoms with Crippen molar-refractivity contribution in [3.63, 3.8) is 0 Å². The average molecular weight is 213 g/mol. The molecule has 1 aliphatic heterocycles.